The Morgan fingerprint density at radius 1 is 1.26 bits per heavy atom. The summed E-state index contributed by atoms with van der Waals surface area (Å²) in [5.74, 6) is 2.84. The van der Waals surface area contributed by atoms with Gasteiger partial charge in [-0.1, -0.05) is 13.8 Å². The van der Waals surface area contributed by atoms with E-state index < -0.39 is 4.92 Å². The number of nitro benzene ring substituents is 1. The Morgan fingerprint density at radius 3 is 2.59 bits per heavy atom. The number of nitrogens with zero attached hydrogens (tertiary/aromatic N) is 5. The minimum absolute atomic E-state index is 0.0392. The lowest BCUT2D eigenvalue weighted by atomic mass is 10.1. The zero-order valence-electron chi connectivity index (χ0n) is 15.5. The van der Waals surface area contributed by atoms with Crippen molar-refractivity contribution in [2.45, 2.75) is 19.8 Å². The fourth-order valence-corrected chi connectivity index (χ4v) is 2.37. The third-order valence-electron chi connectivity index (χ3n) is 3.81. The standard InChI is InChI=1S/C17H20N6O4/c1-10(2)17-19-15(7-16(20-17)22(3)4)21-18-8-11-5-13-14(27-9-26-13)6-12(11)23(24)25/h5-8,10H,9H2,1-4H3,(H,19,20,21)/b18-8-. The highest BCUT2D eigenvalue weighted by Gasteiger charge is 2.22. The number of ether oxygens (including phenoxy) is 2. The number of anilines is 2. The van der Waals surface area contributed by atoms with Gasteiger partial charge in [-0.15, -0.1) is 0 Å². The van der Waals surface area contributed by atoms with Crippen molar-refractivity contribution in [3.8, 4) is 11.5 Å². The van der Waals surface area contributed by atoms with E-state index in [4.69, 9.17) is 9.47 Å². The van der Waals surface area contributed by atoms with Crippen LogP contribution in [0.2, 0.25) is 0 Å². The zero-order valence-corrected chi connectivity index (χ0v) is 15.5. The van der Waals surface area contributed by atoms with E-state index in [0.717, 1.165) is 5.82 Å². The molecule has 2 aromatic rings. The van der Waals surface area contributed by atoms with E-state index in [1.165, 1.54) is 18.3 Å². The SMILES string of the molecule is CC(C)c1nc(N/N=C\c2cc3c(cc2[N+](=O)[O-])OCO3)cc(N(C)C)n1. The van der Waals surface area contributed by atoms with E-state index in [1.807, 2.05) is 32.8 Å². The van der Waals surface area contributed by atoms with Crippen LogP contribution in [0, 0.1) is 10.1 Å². The minimum atomic E-state index is -0.491. The molecule has 27 heavy (non-hydrogen) atoms. The molecule has 1 aromatic carbocycles. The van der Waals surface area contributed by atoms with Gasteiger partial charge in [0.2, 0.25) is 6.79 Å². The van der Waals surface area contributed by atoms with Crippen LogP contribution in [0.25, 0.3) is 0 Å². The Balaban J connectivity index is 1.87. The fourth-order valence-electron chi connectivity index (χ4n) is 2.37. The first kappa shape index (κ1) is 18.4. The van der Waals surface area contributed by atoms with E-state index in [-0.39, 0.29) is 18.4 Å². The Hall–Kier alpha value is -3.43. The lowest BCUT2D eigenvalue weighted by Crippen LogP contribution is -2.13. The second kappa shape index (κ2) is 7.44. The van der Waals surface area contributed by atoms with Crippen LogP contribution < -0.4 is 19.8 Å². The van der Waals surface area contributed by atoms with Crippen molar-refractivity contribution in [1.82, 2.24) is 9.97 Å². The van der Waals surface area contributed by atoms with Crippen LogP contribution in [0.3, 0.4) is 0 Å². The van der Waals surface area contributed by atoms with Gasteiger partial charge in [0.25, 0.3) is 5.69 Å². The Kier molecular flexibility index (Phi) is 5.06. The molecule has 0 radical (unpaired) electrons. The van der Waals surface area contributed by atoms with Crippen molar-refractivity contribution < 1.29 is 14.4 Å². The number of fused-ring (bicyclic) bond motifs is 1. The van der Waals surface area contributed by atoms with Gasteiger partial charge in [0.05, 0.1) is 22.8 Å². The van der Waals surface area contributed by atoms with Gasteiger partial charge in [0.15, 0.2) is 17.3 Å². The van der Waals surface area contributed by atoms with Gasteiger partial charge in [0.1, 0.15) is 11.6 Å². The fraction of sp³-hybridized carbons (Fsp3) is 0.353. The molecule has 10 nitrogen and oxygen atoms in total. The van der Waals surface area contributed by atoms with Gasteiger partial charge in [-0.2, -0.15) is 5.10 Å². The average Bonchev–Trinajstić information content (AvgIpc) is 3.08. The molecule has 0 atom stereocenters. The van der Waals surface area contributed by atoms with Gasteiger partial charge in [0, 0.05) is 26.1 Å². The van der Waals surface area contributed by atoms with Crippen LogP contribution in [0.5, 0.6) is 11.5 Å². The Morgan fingerprint density at radius 2 is 1.96 bits per heavy atom. The summed E-state index contributed by atoms with van der Waals surface area (Å²) in [6.45, 7) is 4.03. The third kappa shape index (κ3) is 4.05. The number of aromatic nitrogens is 2. The molecule has 2 heterocycles. The Labute approximate surface area is 156 Å². The number of benzene rings is 1. The quantitative estimate of drug-likeness (QED) is 0.467. The van der Waals surface area contributed by atoms with E-state index in [1.54, 1.807) is 6.07 Å². The van der Waals surface area contributed by atoms with Crippen molar-refractivity contribution >= 4 is 23.5 Å². The molecule has 0 saturated carbocycles. The molecular weight excluding hydrogens is 352 g/mol. The summed E-state index contributed by atoms with van der Waals surface area (Å²) in [7, 11) is 3.77. The number of nitrogens with one attached hydrogen (secondary N) is 1. The summed E-state index contributed by atoms with van der Waals surface area (Å²) in [6, 6.07) is 4.60. The predicted molar refractivity (Wildman–Crippen MR) is 101 cm³/mol. The number of hydrogen-bond acceptors (Lipinski definition) is 9. The highest BCUT2D eigenvalue weighted by atomic mass is 16.7. The molecule has 1 aromatic heterocycles. The second-order valence-corrected chi connectivity index (χ2v) is 6.41. The summed E-state index contributed by atoms with van der Waals surface area (Å²) in [5, 5.41) is 15.4. The molecule has 0 fully saturated rings. The number of hydrogen-bond donors (Lipinski definition) is 1. The lowest BCUT2D eigenvalue weighted by Gasteiger charge is -2.15. The molecule has 1 aliphatic rings. The summed E-state index contributed by atoms with van der Waals surface area (Å²) in [5.41, 5.74) is 2.99. The molecule has 0 amide bonds. The van der Waals surface area contributed by atoms with Crippen molar-refractivity contribution in [3.63, 3.8) is 0 Å². The van der Waals surface area contributed by atoms with Crippen molar-refractivity contribution in [2.75, 3.05) is 31.2 Å². The molecule has 3 rings (SSSR count). The van der Waals surface area contributed by atoms with E-state index >= 15 is 0 Å². The third-order valence-corrected chi connectivity index (χ3v) is 3.81. The van der Waals surface area contributed by atoms with Crippen LogP contribution in [-0.2, 0) is 0 Å². The van der Waals surface area contributed by atoms with E-state index in [2.05, 4.69) is 20.5 Å². The van der Waals surface area contributed by atoms with Crippen LogP contribution in [0.1, 0.15) is 31.2 Å². The lowest BCUT2D eigenvalue weighted by molar-refractivity contribution is -0.385. The molecule has 0 spiro atoms. The molecular formula is C17H20N6O4. The zero-order chi connectivity index (χ0) is 19.6. The maximum absolute atomic E-state index is 11.3. The molecule has 142 valence electrons. The molecule has 0 unspecified atom stereocenters. The summed E-state index contributed by atoms with van der Waals surface area (Å²) in [6.07, 6.45) is 1.35. The van der Waals surface area contributed by atoms with Crippen LogP contribution >= 0.6 is 0 Å². The average molecular weight is 372 g/mol. The molecule has 0 bridgehead atoms. The minimum Gasteiger partial charge on any atom is -0.454 e. The van der Waals surface area contributed by atoms with E-state index in [9.17, 15) is 10.1 Å². The predicted octanol–water partition coefficient (Wildman–Crippen LogP) is 2.75. The first-order valence-electron chi connectivity index (χ1n) is 8.28. The number of rotatable bonds is 6. The van der Waals surface area contributed by atoms with Gasteiger partial charge in [-0.3, -0.25) is 15.5 Å². The largest absolute Gasteiger partial charge is 0.454 e. The van der Waals surface area contributed by atoms with Crippen molar-refractivity contribution in [3.05, 3.63) is 39.7 Å². The second-order valence-electron chi connectivity index (χ2n) is 6.41. The van der Waals surface area contributed by atoms with Crippen LogP contribution in [-0.4, -0.2) is 42.0 Å². The topological polar surface area (TPSA) is 115 Å². The molecule has 1 aliphatic heterocycles. The van der Waals surface area contributed by atoms with Crippen LogP contribution in [0.4, 0.5) is 17.3 Å². The smallest absolute Gasteiger partial charge is 0.282 e. The van der Waals surface area contributed by atoms with Gasteiger partial charge >= 0.3 is 0 Å². The monoisotopic (exact) mass is 372 g/mol. The maximum Gasteiger partial charge on any atom is 0.282 e. The van der Waals surface area contributed by atoms with Crippen molar-refractivity contribution in [2.24, 2.45) is 5.10 Å². The maximum atomic E-state index is 11.3. The number of nitro groups is 1. The first-order valence-corrected chi connectivity index (χ1v) is 8.28. The molecule has 10 heteroatoms. The number of hydrazone groups is 1. The van der Waals surface area contributed by atoms with E-state index in [0.29, 0.717) is 28.7 Å². The Bertz CT molecular complexity index is 871. The molecule has 0 saturated heterocycles. The van der Waals surface area contributed by atoms with Gasteiger partial charge < -0.3 is 14.4 Å². The molecule has 0 aliphatic carbocycles. The van der Waals surface area contributed by atoms with Crippen molar-refractivity contribution in [1.29, 1.82) is 0 Å². The van der Waals surface area contributed by atoms with Gasteiger partial charge in [-0.05, 0) is 6.07 Å². The normalized spacial score (nSPS) is 12.6. The molecule has 1 N–H and O–H groups in total. The van der Waals surface area contributed by atoms with Crippen LogP contribution in [0.15, 0.2) is 23.3 Å². The summed E-state index contributed by atoms with van der Waals surface area (Å²) < 4.78 is 10.5. The van der Waals surface area contributed by atoms with Gasteiger partial charge in [-0.25, -0.2) is 9.97 Å². The summed E-state index contributed by atoms with van der Waals surface area (Å²) in [4.78, 5) is 21.6. The summed E-state index contributed by atoms with van der Waals surface area (Å²) >= 11 is 0. The first-order chi connectivity index (χ1) is 12.8. The highest BCUT2D eigenvalue weighted by molar-refractivity contribution is 5.87. The highest BCUT2D eigenvalue weighted by Crippen LogP contribution is 2.37.